The van der Waals surface area contributed by atoms with Crippen LogP contribution in [0.2, 0.25) is 0 Å². The number of halogens is 2. The highest BCUT2D eigenvalue weighted by Gasteiger charge is 2.28. The maximum absolute atomic E-state index is 12.3. The number of carbonyl (C=O) groups is 1. The molecule has 1 saturated heterocycles. The van der Waals surface area contributed by atoms with Crippen LogP contribution in [0.25, 0.3) is 0 Å². The minimum absolute atomic E-state index is 0.100. The number of hydrogen-bond donors (Lipinski definition) is 1. The van der Waals surface area contributed by atoms with Crippen LogP contribution in [0.4, 0.5) is 13.6 Å². The summed E-state index contributed by atoms with van der Waals surface area (Å²) in [6, 6.07) is 6.08. The van der Waals surface area contributed by atoms with Crippen LogP contribution in [0.1, 0.15) is 19.4 Å². The minimum Gasteiger partial charge on any atom is -0.435 e. The Kier molecular flexibility index (Phi) is 7.16. The largest absolute Gasteiger partial charge is 0.435 e. The van der Waals surface area contributed by atoms with E-state index in [-0.39, 0.29) is 17.3 Å². The van der Waals surface area contributed by atoms with Crippen molar-refractivity contribution < 1.29 is 23.0 Å². The Morgan fingerprint density at radius 1 is 1.31 bits per heavy atom. The fraction of sp³-hybridized carbons (Fsp3) is 0.611. The summed E-state index contributed by atoms with van der Waals surface area (Å²) in [4.78, 5) is 16.2. The Balaban J connectivity index is 1.81. The molecule has 0 radical (unpaired) electrons. The number of carbonyl (C=O) groups excluding carboxylic acids is 1. The van der Waals surface area contributed by atoms with Gasteiger partial charge in [-0.2, -0.15) is 8.78 Å². The van der Waals surface area contributed by atoms with Gasteiger partial charge >= 0.3 is 12.6 Å². The van der Waals surface area contributed by atoms with Crippen LogP contribution in [-0.2, 0) is 11.3 Å². The second kappa shape index (κ2) is 9.14. The van der Waals surface area contributed by atoms with Gasteiger partial charge in [0.2, 0.25) is 0 Å². The highest BCUT2D eigenvalue weighted by molar-refractivity contribution is 5.73. The van der Waals surface area contributed by atoms with E-state index in [0.29, 0.717) is 26.3 Å². The Morgan fingerprint density at radius 2 is 1.92 bits per heavy atom. The second-order valence-corrected chi connectivity index (χ2v) is 6.95. The van der Waals surface area contributed by atoms with Crippen molar-refractivity contribution in [3.63, 3.8) is 0 Å². The number of ether oxygens (including phenoxy) is 2. The fourth-order valence-electron chi connectivity index (χ4n) is 2.83. The number of urea groups is 1. The summed E-state index contributed by atoms with van der Waals surface area (Å²) in [7, 11) is 1.70. The summed E-state index contributed by atoms with van der Waals surface area (Å²) in [5.74, 6) is 0.100. The summed E-state index contributed by atoms with van der Waals surface area (Å²) < 4.78 is 34.0. The standard InChI is InChI=1S/C18H27F2N3O3/c1-18(2,23-8-10-25-11-9-23)13-21-17(24)22(3)12-14-4-6-15(7-5-14)26-16(19)20/h4-7,16H,8-13H2,1-3H3,(H,21,24). The number of nitrogens with one attached hydrogen (secondary N) is 1. The third kappa shape index (κ3) is 6.10. The lowest BCUT2D eigenvalue weighted by atomic mass is 10.0. The Bertz CT molecular complexity index is 576. The second-order valence-electron chi connectivity index (χ2n) is 6.95. The highest BCUT2D eigenvalue weighted by atomic mass is 19.3. The van der Waals surface area contributed by atoms with Crippen LogP contribution < -0.4 is 10.1 Å². The first-order valence-electron chi connectivity index (χ1n) is 8.63. The first-order valence-corrected chi connectivity index (χ1v) is 8.63. The predicted octanol–water partition coefficient (Wildman–Crippen LogP) is 2.54. The van der Waals surface area contributed by atoms with E-state index in [9.17, 15) is 13.6 Å². The molecule has 0 unspecified atom stereocenters. The first-order chi connectivity index (χ1) is 12.3. The van der Waals surface area contributed by atoms with Crippen molar-refractivity contribution >= 4 is 6.03 Å². The van der Waals surface area contributed by atoms with Crippen molar-refractivity contribution in [2.45, 2.75) is 32.5 Å². The average molecular weight is 371 g/mol. The molecule has 0 spiro atoms. The number of rotatable bonds is 7. The summed E-state index contributed by atoms with van der Waals surface area (Å²) in [5.41, 5.74) is 0.672. The molecule has 1 N–H and O–H groups in total. The van der Waals surface area contributed by atoms with Crippen LogP contribution in [0.5, 0.6) is 5.75 Å². The van der Waals surface area contributed by atoms with E-state index in [1.54, 1.807) is 24.1 Å². The number of benzene rings is 1. The molecule has 6 nitrogen and oxygen atoms in total. The molecule has 8 heteroatoms. The van der Waals surface area contributed by atoms with Gasteiger partial charge in [-0.05, 0) is 31.5 Å². The molecule has 0 bridgehead atoms. The molecular formula is C18H27F2N3O3. The molecule has 2 rings (SSSR count). The SMILES string of the molecule is CN(Cc1ccc(OC(F)F)cc1)C(=O)NCC(C)(C)N1CCOCC1. The maximum atomic E-state index is 12.3. The van der Waals surface area contributed by atoms with Crippen LogP contribution in [0, 0.1) is 0 Å². The van der Waals surface area contributed by atoms with Crippen LogP contribution in [0.15, 0.2) is 24.3 Å². The van der Waals surface area contributed by atoms with Gasteiger partial charge in [-0.3, -0.25) is 4.90 Å². The lowest BCUT2D eigenvalue weighted by Crippen LogP contribution is -2.56. The average Bonchev–Trinajstić information content (AvgIpc) is 2.61. The van der Waals surface area contributed by atoms with Crippen molar-refractivity contribution in [3.8, 4) is 5.75 Å². The lowest BCUT2D eigenvalue weighted by molar-refractivity contribution is -0.0498. The number of morpholine rings is 1. The fourth-order valence-corrected chi connectivity index (χ4v) is 2.83. The smallest absolute Gasteiger partial charge is 0.387 e. The molecule has 1 aromatic carbocycles. The van der Waals surface area contributed by atoms with Gasteiger partial charge in [0, 0.05) is 38.8 Å². The van der Waals surface area contributed by atoms with E-state index in [2.05, 4.69) is 28.8 Å². The molecule has 0 atom stereocenters. The topological polar surface area (TPSA) is 54.0 Å². The predicted molar refractivity (Wildman–Crippen MR) is 94.4 cm³/mol. The molecule has 1 heterocycles. The third-order valence-corrected chi connectivity index (χ3v) is 4.45. The van der Waals surface area contributed by atoms with E-state index in [1.807, 2.05) is 0 Å². The maximum Gasteiger partial charge on any atom is 0.387 e. The Labute approximate surface area is 153 Å². The summed E-state index contributed by atoms with van der Waals surface area (Å²) >= 11 is 0. The molecule has 146 valence electrons. The zero-order chi connectivity index (χ0) is 19.2. The van der Waals surface area contributed by atoms with Gasteiger partial charge in [-0.1, -0.05) is 12.1 Å². The van der Waals surface area contributed by atoms with E-state index in [4.69, 9.17) is 4.74 Å². The Hall–Kier alpha value is -1.93. The van der Waals surface area contributed by atoms with Crippen LogP contribution >= 0.6 is 0 Å². The summed E-state index contributed by atoms with van der Waals surface area (Å²) in [6.07, 6.45) is 0. The van der Waals surface area contributed by atoms with Gasteiger partial charge in [0.05, 0.1) is 13.2 Å². The molecule has 1 aromatic rings. The van der Waals surface area contributed by atoms with Crippen molar-refractivity contribution in [1.29, 1.82) is 0 Å². The molecular weight excluding hydrogens is 344 g/mol. The molecule has 0 aliphatic carbocycles. The number of hydrogen-bond acceptors (Lipinski definition) is 4. The van der Waals surface area contributed by atoms with E-state index in [1.165, 1.54) is 12.1 Å². The zero-order valence-electron chi connectivity index (χ0n) is 15.5. The monoisotopic (exact) mass is 371 g/mol. The lowest BCUT2D eigenvalue weighted by Gasteiger charge is -2.41. The van der Waals surface area contributed by atoms with Crippen LogP contribution in [-0.4, -0.2) is 67.9 Å². The van der Waals surface area contributed by atoms with E-state index in [0.717, 1.165) is 18.7 Å². The Morgan fingerprint density at radius 3 is 2.50 bits per heavy atom. The van der Waals surface area contributed by atoms with Gasteiger partial charge in [0.1, 0.15) is 5.75 Å². The number of amides is 2. The van der Waals surface area contributed by atoms with Gasteiger partial charge in [0.15, 0.2) is 0 Å². The van der Waals surface area contributed by atoms with Gasteiger partial charge in [-0.25, -0.2) is 4.79 Å². The van der Waals surface area contributed by atoms with Crippen molar-refractivity contribution in [1.82, 2.24) is 15.1 Å². The molecule has 1 aliphatic rings. The normalized spacial score (nSPS) is 15.8. The third-order valence-electron chi connectivity index (χ3n) is 4.45. The molecule has 1 aliphatic heterocycles. The quantitative estimate of drug-likeness (QED) is 0.800. The highest BCUT2D eigenvalue weighted by Crippen LogP contribution is 2.17. The van der Waals surface area contributed by atoms with E-state index < -0.39 is 6.61 Å². The zero-order valence-corrected chi connectivity index (χ0v) is 15.5. The molecule has 2 amide bonds. The van der Waals surface area contributed by atoms with E-state index >= 15 is 0 Å². The number of nitrogens with zero attached hydrogens (tertiary/aromatic N) is 2. The summed E-state index contributed by atoms with van der Waals surface area (Å²) in [5, 5.41) is 2.96. The van der Waals surface area contributed by atoms with Gasteiger partial charge in [0.25, 0.3) is 0 Å². The first kappa shape index (κ1) is 20.4. The molecule has 0 saturated carbocycles. The van der Waals surface area contributed by atoms with Gasteiger partial charge in [-0.15, -0.1) is 0 Å². The van der Waals surface area contributed by atoms with Crippen LogP contribution in [0.3, 0.4) is 0 Å². The summed E-state index contributed by atoms with van der Waals surface area (Å²) in [6.45, 7) is 5.38. The minimum atomic E-state index is -2.84. The van der Waals surface area contributed by atoms with Crippen molar-refractivity contribution in [2.24, 2.45) is 0 Å². The van der Waals surface area contributed by atoms with Gasteiger partial charge < -0.3 is 19.7 Å². The van der Waals surface area contributed by atoms with Crippen molar-refractivity contribution in [2.75, 3.05) is 39.9 Å². The van der Waals surface area contributed by atoms with Crippen molar-refractivity contribution in [3.05, 3.63) is 29.8 Å². The molecule has 1 fully saturated rings. The number of alkyl halides is 2. The molecule has 0 aromatic heterocycles. The molecule has 26 heavy (non-hydrogen) atoms.